The van der Waals surface area contributed by atoms with Crippen molar-refractivity contribution in [2.75, 3.05) is 20.3 Å². The highest BCUT2D eigenvalue weighted by atomic mass is 16.5. The Morgan fingerprint density at radius 2 is 2.12 bits per heavy atom. The third-order valence-corrected chi connectivity index (χ3v) is 4.34. The fourth-order valence-electron chi connectivity index (χ4n) is 2.79. The molecule has 24 heavy (non-hydrogen) atoms. The van der Waals surface area contributed by atoms with Gasteiger partial charge in [0.15, 0.2) is 5.82 Å². The number of hydrogen-bond donors (Lipinski definition) is 2. The van der Waals surface area contributed by atoms with Crippen molar-refractivity contribution in [1.82, 2.24) is 20.2 Å². The molecule has 1 aromatic heterocycles. The average Bonchev–Trinajstić information content (AvgIpc) is 2.98. The second-order valence-corrected chi connectivity index (χ2v) is 6.22. The van der Waals surface area contributed by atoms with Crippen LogP contribution >= 0.6 is 0 Å². The van der Waals surface area contributed by atoms with E-state index < -0.39 is 0 Å². The highest BCUT2D eigenvalue weighted by molar-refractivity contribution is 5.97. The number of aromatic nitrogens is 2. The number of carbonyl (C=O) groups excluding carboxylic acids is 2. The first kappa shape index (κ1) is 18.4. The number of amides is 2. The molecule has 2 rings (SSSR count). The van der Waals surface area contributed by atoms with Crippen LogP contribution in [-0.4, -0.2) is 47.7 Å². The van der Waals surface area contributed by atoms with Crippen molar-refractivity contribution >= 4 is 11.8 Å². The van der Waals surface area contributed by atoms with Crippen LogP contribution in [0.3, 0.4) is 0 Å². The molecule has 0 bridgehead atoms. The Labute approximate surface area is 143 Å². The summed E-state index contributed by atoms with van der Waals surface area (Å²) in [5, 5.41) is 5.80. The van der Waals surface area contributed by atoms with Crippen LogP contribution < -0.4 is 10.6 Å². The summed E-state index contributed by atoms with van der Waals surface area (Å²) < 4.78 is 6.89. The maximum absolute atomic E-state index is 12.5. The Morgan fingerprint density at radius 3 is 2.83 bits per heavy atom. The van der Waals surface area contributed by atoms with E-state index >= 15 is 0 Å². The van der Waals surface area contributed by atoms with Crippen LogP contribution in [-0.2, 0) is 17.7 Å². The van der Waals surface area contributed by atoms with E-state index in [2.05, 4.69) is 15.6 Å². The van der Waals surface area contributed by atoms with Gasteiger partial charge in [-0.15, -0.1) is 0 Å². The van der Waals surface area contributed by atoms with Gasteiger partial charge in [-0.05, 0) is 39.0 Å². The van der Waals surface area contributed by atoms with Crippen LogP contribution in [0.15, 0.2) is 0 Å². The fourth-order valence-corrected chi connectivity index (χ4v) is 2.79. The third-order valence-electron chi connectivity index (χ3n) is 4.34. The smallest absolute Gasteiger partial charge is 0.287 e. The Bertz CT molecular complexity index is 583. The molecular formula is C17H28N4O3. The van der Waals surface area contributed by atoms with E-state index in [-0.39, 0.29) is 17.9 Å². The van der Waals surface area contributed by atoms with Crippen molar-refractivity contribution in [1.29, 1.82) is 0 Å². The molecule has 1 aliphatic heterocycles. The van der Waals surface area contributed by atoms with Crippen LogP contribution in [0.5, 0.6) is 0 Å². The molecule has 0 aromatic carbocycles. The van der Waals surface area contributed by atoms with Gasteiger partial charge in [-0.2, -0.15) is 0 Å². The monoisotopic (exact) mass is 336 g/mol. The zero-order chi connectivity index (χ0) is 17.5. The van der Waals surface area contributed by atoms with Gasteiger partial charge in [-0.25, -0.2) is 4.98 Å². The number of hydrogen-bond acceptors (Lipinski definition) is 4. The molecule has 0 saturated carbocycles. The van der Waals surface area contributed by atoms with E-state index in [1.165, 1.54) is 0 Å². The molecule has 0 radical (unpaired) electrons. The maximum Gasteiger partial charge on any atom is 0.287 e. The molecule has 1 unspecified atom stereocenters. The molecule has 0 spiro atoms. The van der Waals surface area contributed by atoms with Crippen LogP contribution in [0.25, 0.3) is 0 Å². The minimum Gasteiger partial charge on any atom is -0.385 e. The highest BCUT2D eigenvalue weighted by Gasteiger charge is 2.27. The van der Waals surface area contributed by atoms with Crippen molar-refractivity contribution < 1.29 is 14.3 Å². The van der Waals surface area contributed by atoms with Gasteiger partial charge in [0.1, 0.15) is 5.69 Å². The van der Waals surface area contributed by atoms with E-state index in [4.69, 9.17) is 4.74 Å². The average molecular weight is 336 g/mol. The lowest BCUT2D eigenvalue weighted by molar-refractivity contribution is 0.0923. The highest BCUT2D eigenvalue weighted by Crippen LogP contribution is 2.21. The molecule has 2 heterocycles. The number of nitrogens with zero attached hydrogens (tertiary/aromatic N) is 2. The first-order valence-electron chi connectivity index (χ1n) is 8.75. The lowest BCUT2D eigenvalue weighted by Gasteiger charge is -2.18. The summed E-state index contributed by atoms with van der Waals surface area (Å²) in [6, 6.07) is 0.0837. The van der Waals surface area contributed by atoms with Crippen molar-refractivity contribution in [2.45, 2.75) is 58.5 Å². The Morgan fingerprint density at radius 1 is 1.33 bits per heavy atom. The molecule has 134 valence electrons. The van der Waals surface area contributed by atoms with Gasteiger partial charge in [-0.1, -0.05) is 6.92 Å². The van der Waals surface area contributed by atoms with Gasteiger partial charge in [0.05, 0.1) is 5.69 Å². The van der Waals surface area contributed by atoms with Crippen molar-refractivity contribution in [2.24, 2.45) is 0 Å². The van der Waals surface area contributed by atoms with Gasteiger partial charge < -0.3 is 19.9 Å². The maximum atomic E-state index is 12.5. The number of imidazole rings is 1. The molecule has 7 heteroatoms. The number of ether oxygens (including phenoxy) is 1. The molecular weight excluding hydrogens is 308 g/mol. The number of rotatable bonds is 8. The summed E-state index contributed by atoms with van der Waals surface area (Å²) in [4.78, 5) is 29.3. The van der Waals surface area contributed by atoms with Gasteiger partial charge in [0.25, 0.3) is 11.8 Å². The topological polar surface area (TPSA) is 85.2 Å². The Hall–Kier alpha value is -1.89. The minimum absolute atomic E-state index is 0.0837. The van der Waals surface area contributed by atoms with Gasteiger partial charge in [-0.3, -0.25) is 9.59 Å². The van der Waals surface area contributed by atoms with Gasteiger partial charge in [0, 0.05) is 32.8 Å². The van der Waals surface area contributed by atoms with Crippen molar-refractivity contribution in [3.05, 3.63) is 17.2 Å². The minimum atomic E-state index is -0.209. The fraction of sp³-hybridized carbons (Fsp3) is 0.706. The molecule has 1 aliphatic rings. The zero-order valence-corrected chi connectivity index (χ0v) is 14.9. The number of fused-ring (bicyclic) bond motifs is 1. The first-order chi connectivity index (χ1) is 11.6. The van der Waals surface area contributed by atoms with Crippen LogP contribution in [0.4, 0.5) is 0 Å². The quantitative estimate of drug-likeness (QED) is 0.705. The summed E-state index contributed by atoms with van der Waals surface area (Å²) in [5.41, 5.74) is 1.27. The van der Waals surface area contributed by atoms with Crippen molar-refractivity contribution in [3.8, 4) is 0 Å². The summed E-state index contributed by atoms with van der Waals surface area (Å²) in [6.07, 6.45) is 4.40. The molecule has 0 fully saturated rings. The summed E-state index contributed by atoms with van der Waals surface area (Å²) in [7, 11) is 1.63. The molecule has 0 saturated heterocycles. The predicted octanol–water partition coefficient (Wildman–Crippen LogP) is 1.51. The summed E-state index contributed by atoms with van der Waals surface area (Å²) >= 11 is 0. The summed E-state index contributed by atoms with van der Waals surface area (Å²) in [6.45, 7) is 5.85. The second kappa shape index (κ2) is 8.82. The number of carbonyl (C=O) groups is 2. The molecule has 2 N–H and O–H groups in total. The zero-order valence-electron chi connectivity index (χ0n) is 14.9. The van der Waals surface area contributed by atoms with Crippen molar-refractivity contribution in [3.63, 3.8) is 0 Å². The molecule has 0 aliphatic carbocycles. The molecule has 1 atom stereocenters. The predicted molar refractivity (Wildman–Crippen MR) is 91.2 cm³/mol. The van der Waals surface area contributed by atoms with E-state index in [9.17, 15) is 9.59 Å². The molecule has 2 amide bonds. The number of methoxy groups -OCH3 is 1. The first-order valence-corrected chi connectivity index (χ1v) is 8.75. The SMILES string of the molecule is CCC(C)NC(=O)c1nc(C(=O)NCCCOC)c2n1CCCC2. The number of nitrogens with one attached hydrogen (secondary N) is 2. The van der Waals surface area contributed by atoms with Gasteiger partial charge >= 0.3 is 0 Å². The standard InChI is InChI=1S/C17H28N4O3/c1-4-12(2)19-17(23)15-20-14(13-8-5-6-10-21(13)15)16(22)18-9-7-11-24-3/h12H,4-11H2,1-3H3,(H,18,22)(H,19,23). The van der Waals surface area contributed by atoms with E-state index in [1.54, 1.807) is 7.11 Å². The Balaban J connectivity index is 2.17. The van der Waals surface area contributed by atoms with Crippen LogP contribution in [0.1, 0.15) is 66.3 Å². The molecule has 7 nitrogen and oxygen atoms in total. The van der Waals surface area contributed by atoms with E-state index in [1.807, 2.05) is 18.4 Å². The lowest BCUT2D eigenvalue weighted by atomic mass is 10.1. The third kappa shape index (κ3) is 4.35. The van der Waals surface area contributed by atoms with Gasteiger partial charge in [0.2, 0.25) is 0 Å². The van der Waals surface area contributed by atoms with E-state index in [0.29, 0.717) is 24.7 Å². The largest absolute Gasteiger partial charge is 0.385 e. The van der Waals surface area contributed by atoms with E-state index in [0.717, 1.165) is 44.3 Å². The second-order valence-electron chi connectivity index (χ2n) is 6.22. The van der Waals surface area contributed by atoms with Crippen LogP contribution in [0.2, 0.25) is 0 Å². The Kier molecular flexibility index (Phi) is 6.78. The van der Waals surface area contributed by atoms with Crippen LogP contribution in [0, 0.1) is 0 Å². The molecule has 1 aromatic rings. The summed E-state index contributed by atoms with van der Waals surface area (Å²) in [5.74, 6) is -0.0580. The lowest BCUT2D eigenvalue weighted by Crippen LogP contribution is -2.34. The normalized spacial score (nSPS) is 14.8.